The Labute approximate surface area is 112 Å². The number of rotatable bonds is 5. The minimum Gasteiger partial charge on any atom is -0.396 e. The van der Waals surface area contributed by atoms with Crippen LogP contribution in [0.25, 0.3) is 0 Å². The largest absolute Gasteiger partial charge is 0.396 e. The van der Waals surface area contributed by atoms with Gasteiger partial charge < -0.3 is 10.4 Å². The predicted octanol–water partition coefficient (Wildman–Crippen LogP) is 2.00. The van der Waals surface area contributed by atoms with Crippen molar-refractivity contribution in [1.29, 1.82) is 0 Å². The predicted molar refractivity (Wildman–Crippen MR) is 75.7 cm³/mol. The number of hydrogen-bond acceptors (Lipinski definition) is 3. The molecule has 3 nitrogen and oxygen atoms in total. The highest BCUT2D eigenvalue weighted by Gasteiger charge is 2.33. The number of nitrogens with one attached hydrogen (secondary N) is 1. The van der Waals surface area contributed by atoms with Gasteiger partial charge in [-0.15, -0.1) is 0 Å². The number of nitrogens with zero attached hydrogens (tertiary/aromatic N) is 1. The van der Waals surface area contributed by atoms with E-state index in [4.69, 9.17) is 0 Å². The van der Waals surface area contributed by atoms with E-state index in [0.29, 0.717) is 18.7 Å². The van der Waals surface area contributed by atoms with E-state index < -0.39 is 0 Å². The van der Waals surface area contributed by atoms with Crippen molar-refractivity contribution in [2.75, 3.05) is 26.2 Å². The molecule has 2 rings (SSSR count). The molecule has 1 aliphatic heterocycles. The standard InChI is InChI=1S/C15H30N2O/c1-13(2)17-9-6-14(10-17)16-11-15(12-18)7-4-3-5-8-15/h13-14,16,18H,3-12H2,1-2H3. The van der Waals surface area contributed by atoms with Gasteiger partial charge in [-0.2, -0.15) is 0 Å². The molecular weight excluding hydrogens is 224 g/mol. The lowest BCUT2D eigenvalue weighted by Crippen LogP contribution is -2.44. The number of aliphatic hydroxyl groups excluding tert-OH is 1. The van der Waals surface area contributed by atoms with Crippen molar-refractivity contribution in [2.24, 2.45) is 5.41 Å². The van der Waals surface area contributed by atoms with E-state index in [1.165, 1.54) is 51.6 Å². The minimum atomic E-state index is 0.184. The maximum atomic E-state index is 9.71. The fourth-order valence-electron chi connectivity index (χ4n) is 3.48. The summed E-state index contributed by atoms with van der Waals surface area (Å²) >= 11 is 0. The Bertz CT molecular complexity index is 249. The monoisotopic (exact) mass is 254 g/mol. The molecule has 1 unspecified atom stereocenters. The van der Waals surface area contributed by atoms with Crippen LogP contribution in [0.4, 0.5) is 0 Å². The quantitative estimate of drug-likeness (QED) is 0.788. The molecule has 2 aliphatic rings. The lowest BCUT2D eigenvalue weighted by molar-refractivity contribution is 0.0783. The zero-order chi connectivity index (χ0) is 13.0. The van der Waals surface area contributed by atoms with Crippen molar-refractivity contribution in [3.63, 3.8) is 0 Å². The normalized spacial score (nSPS) is 29.0. The molecule has 1 heterocycles. The van der Waals surface area contributed by atoms with E-state index in [-0.39, 0.29) is 5.41 Å². The maximum Gasteiger partial charge on any atom is 0.0499 e. The highest BCUT2D eigenvalue weighted by molar-refractivity contribution is 4.89. The summed E-state index contributed by atoms with van der Waals surface area (Å²) in [4.78, 5) is 2.55. The Hall–Kier alpha value is -0.120. The maximum absolute atomic E-state index is 9.71. The van der Waals surface area contributed by atoms with Crippen molar-refractivity contribution in [2.45, 2.75) is 64.5 Å². The van der Waals surface area contributed by atoms with E-state index in [1.807, 2.05) is 0 Å². The molecule has 1 saturated heterocycles. The first-order chi connectivity index (χ1) is 8.65. The van der Waals surface area contributed by atoms with Crippen LogP contribution >= 0.6 is 0 Å². The van der Waals surface area contributed by atoms with Crippen molar-refractivity contribution < 1.29 is 5.11 Å². The highest BCUT2D eigenvalue weighted by Crippen LogP contribution is 2.35. The van der Waals surface area contributed by atoms with Gasteiger partial charge in [0.15, 0.2) is 0 Å². The third-order valence-electron chi connectivity index (χ3n) is 4.97. The smallest absolute Gasteiger partial charge is 0.0499 e. The van der Waals surface area contributed by atoms with Crippen LogP contribution in [0, 0.1) is 5.41 Å². The molecule has 0 amide bonds. The Morgan fingerprint density at radius 2 is 2.00 bits per heavy atom. The van der Waals surface area contributed by atoms with Gasteiger partial charge in [-0.25, -0.2) is 0 Å². The molecule has 0 aromatic carbocycles. The minimum absolute atomic E-state index is 0.184. The number of likely N-dealkylation sites (tertiary alicyclic amines) is 1. The molecule has 0 spiro atoms. The van der Waals surface area contributed by atoms with Gasteiger partial charge in [-0.1, -0.05) is 19.3 Å². The molecule has 1 aliphatic carbocycles. The van der Waals surface area contributed by atoms with Crippen LogP contribution in [0.5, 0.6) is 0 Å². The number of hydrogen-bond donors (Lipinski definition) is 2. The lowest BCUT2D eigenvalue weighted by atomic mass is 9.74. The first-order valence-electron chi connectivity index (χ1n) is 7.73. The summed E-state index contributed by atoms with van der Waals surface area (Å²) < 4.78 is 0. The molecule has 0 aromatic heterocycles. The van der Waals surface area contributed by atoms with Gasteiger partial charge in [0, 0.05) is 37.2 Å². The average molecular weight is 254 g/mol. The summed E-state index contributed by atoms with van der Waals surface area (Å²) in [5.41, 5.74) is 0.184. The summed E-state index contributed by atoms with van der Waals surface area (Å²) in [6.07, 6.45) is 7.62. The third kappa shape index (κ3) is 3.46. The van der Waals surface area contributed by atoms with Crippen LogP contribution in [0.15, 0.2) is 0 Å². The van der Waals surface area contributed by atoms with Crippen molar-refractivity contribution in [3.8, 4) is 0 Å². The molecule has 1 atom stereocenters. The Balaban J connectivity index is 1.77. The number of aliphatic hydroxyl groups is 1. The zero-order valence-corrected chi connectivity index (χ0v) is 12.1. The third-order valence-corrected chi connectivity index (χ3v) is 4.97. The van der Waals surface area contributed by atoms with E-state index in [9.17, 15) is 5.11 Å². The summed E-state index contributed by atoms with van der Waals surface area (Å²) in [7, 11) is 0. The van der Waals surface area contributed by atoms with Gasteiger partial charge in [0.1, 0.15) is 0 Å². The first-order valence-corrected chi connectivity index (χ1v) is 7.73. The lowest BCUT2D eigenvalue weighted by Gasteiger charge is -2.36. The van der Waals surface area contributed by atoms with Gasteiger partial charge in [0.05, 0.1) is 0 Å². The van der Waals surface area contributed by atoms with Gasteiger partial charge >= 0.3 is 0 Å². The van der Waals surface area contributed by atoms with Crippen LogP contribution in [0.1, 0.15) is 52.4 Å². The first kappa shape index (κ1) is 14.3. The topological polar surface area (TPSA) is 35.5 Å². The van der Waals surface area contributed by atoms with Gasteiger partial charge in [-0.05, 0) is 39.7 Å². The average Bonchev–Trinajstić information content (AvgIpc) is 2.87. The second kappa shape index (κ2) is 6.36. The van der Waals surface area contributed by atoms with Crippen LogP contribution in [-0.4, -0.2) is 48.3 Å². The molecule has 0 radical (unpaired) electrons. The summed E-state index contributed by atoms with van der Waals surface area (Å²) in [5, 5.41) is 13.4. The Morgan fingerprint density at radius 1 is 1.28 bits per heavy atom. The second-order valence-corrected chi connectivity index (χ2v) is 6.67. The Kier molecular flexibility index (Phi) is 5.05. The Morgan fingerprint density at radius 3 is 2.56 bits per heavy atom. The molecule has 18 heavy (non-hydrogen) atoms. The van der Waals surface area contributed by atoms with E-state index in [0.717, 1.165) is 6.54 Å². The van der Waals surface area contributed by atoms with Crippen LogP contribution < -0.4 is 5.32 Å². The van der Waals surface area contributed by atoms with Crippen LogP contribution in [0.3, 0.4) is 0 Å². The summed E-state index contributed by atoms with van der Waals surface area (Å²) in [5.74, 6) is 0. The van der Waals surface area contributed by atoms with Crippen molar-refractivity contribution >= 4 is 0 Å². The molecule has 2 fully saturated rings. The van der Waals surface area contributed by atoms with E-state index in [1.54, 1.807) is 0 Å². The van der Waals surface area contributed by atoms with Gasteiger partial charge in [0.25, 0.3) is 0 Å². The zero-order valence-electron chi connectivity index (χ0n) is 12.1. The fraction of sp³-hybridized carbons (Fsp3) is 1.00. The SMILES string of the molecule is CC(C)N1CCC(NCC2(CO)CCCCC2)C1. The molecular formula is C15H30N2O. The van der Waals surface area contributed by atoms with Crippen molar-refractivity contribution in [1.82, 2.24) is 10.2 Å². The van der Waals surface area contributed by atoms with Gasteiger partial charge in [0.2, 0.25) is 0 Å². The molecule has 2 N–H and O–H groups in total. The summed E-state index contributed by atoms with van der Waals surface area (Å²) in [6.45, 7) is 8.33. The molecule has 106 valence electrons. The van der Waals surface area contributed by atoms with Crippen LogP contribution in [-0.2, 0) is 0 Å². The van der Waals surface area contributed by atoms with E-state index in [2.05, 4.69) is 24.1 Å². The molecule has 0 bridgehead atoms. The van der Waals surface area contributed by atoms with Gasteiger partial charge in [-0.3, -0.25) is 4.90 Å². The van der Waals surface area contributed by atoms with Crippen molar-refractivity contribution in [3.05, 3.63) is 0 Å². The fourth-order valence-corrected chi connectivity index (χ4v) is 3.48. The molecule has 1 saturated carbocycles. The summed E-state index contributed by atoms with van der Waals surface area (Å²) in [6, 6.07) is 1.30. The highest BCUT2D eigenvalue weighted by atomic mass is 16.3. The van der Waals surface area contributed by atoms with Crippen LogP contribution in [0.2, 0.25) is 0 Å². The second-order valence-electron chi connectivity index (χ2n) is 6.67. The van der Waals surface area contributed by atoms with E-state index >= 15 is 0 Å². The molecule has 0 aromatic rings. The molecule has 3 heteroatoms.